The molecular formula is C9H6ClNO2S. The average molecular weight is 228 g/mol. The first-order chi connectivity index (χ1) is 6.72. The van der Waals surface area contributed by atoms with Crippen LogP contribution in [-0.4, -0.2) is 13.1 Å². The number of benzene rings is 1. The summed E-state index contributed by atoms with van der Waals surface area (Å²) >= 11 is 0. The fraction of sp³-hybridized carbons (Fsp3) is 0.111. The maximum atomic E-state index is 11.2. The number of methoxy groups -OCH3 is 1. The van der Waals surface area contributed by atoms with Crippen LogP contribution in [0, 0.1) is 11.3 Å². The Morgan fingerprint density at radius 3 is 2.86 bits per heavy atom. The molecule has 0 aliphatic heterocycles. The van der Waals surface area contributed by atoms with Crippen LogP contribution in [0.15, 0.2) is 23.1 Å². The second-order valence-electron chi connectivity index (χ2n) is 2.39. The molecule has 0 N–H and O–H groups in total. The lowest BCUT2D eigenvalue weighted by molar-refractivity contribution is 0.0600. The Balaban J connectivity index is 3.20. The third kappa shape index (κ3) is 2.19. The number of rotatable bonds is 2. The lowest BCUT2D eigenvalue weighted by Gasteiger charge is -2.02. The molecule has 0 saturated heterocycles. The van der Waals surface area contributed by atoms with Crippen molar-refractivity contribution in [3.8, 4) is 6.07 Å². The lowest BCUT2D eigenvalue weighted by Crippen LogP contribution is -2.03. The molecule has 0 spiro atoms. The third-order valence-corrected chi connectivity index (χ3v) is 2.57. The number of carbonyl (C=O) groups is 1. The normalized spacial score (nSPS) is 9.21. The first-order valence-electron chi connectivity index (χ1n) is 3.64. The van der Waals surface area contributed by atoms with Crippen LogP contribution in [-0.2, 0) is 4.74 Å². The van der Waals surface area contributed by atoms with Crippen LogP contribution in [0.2, 0.25) is 0 Å². The van der Waals surface area contributed by atoms with Gasteiger partial charge in [-0.25, -0.2) is 4.79 Å². The van der Waals surface area contributed by atoms with Gasteiger partial charge in [0.1, 0.15) is 6.07 Å². The van der Waals surface area contributed by atoms with Gasteiger partial charge in [-0.05, 0) is 39.9 Å². The van der Waals surface area contributed by atoms with Crippen molar-refractivity contribution < 1.29 is 9.53 Å². The zero-order valence-corrected chi connectivity index (χ0v) is 8.85. The fourth-order valence-corrected chi connectivity index (χ4v) is 1.52. The van der Waals surface area contributed by atoms with E-state index >= 15 is 0 Å². The van der Waals surface area contributed by atoms with Crippen molar-refractivity contribution in [1.29, 1.82) is 5.26 Å². The van der Waals surface area contributed by atoms with E-state index in [0.717, 1.165) is 15.9 Å². The van der Waals surface area contributed by atoms with Gasteiger partial charge < -0.3 is 4.74 Å². The third-order valence-electron chi connectivity index (χ3n) is 1.61. The van der Waals surface area contributed by atoms with Crippen molar-refractivity contribution in [2.45, 2.75) is 4.90 Å². The van der Waals surface area contributed by atoms with E-state index in [1.165, 1.54) is 13.2 Å². The van der Waals surface area contributed by atoms with Crippen molar-refractivity contribution in [2.24, 2.45) is 0 Å². The Bertz CT molecular complexity index is 400. The molecule has 72 valence electrons. The van der Waals surface area contributed by atoms with E-state index in [0.29, 0.717) is 0 Å². The van der Waals surface area contributed by atoms with Crippen molar-refractivity contribution in [1.82, 2.24) is 0 Å². The van der Waals surface area contributed by atoms with Crippen LogP contribution in [0.3, 0.4) is 0 Å². The minimum atomic E-state index is -0.521. The first-order valence-corrected chi connectivity index (χ1v) is 5.28. The highest BCUT2D eigenvalue weighted by Gasteiger charge is 2.11. The molecular weight excluding hydrogens is 222 g/mol. The van der Waals surface area contributed by atoms with Crippen molar-refractivity contribution in [3.05, 3.63) is 29.3 Å². The van der Waals surface area contributed by atoms with Crippen molar-refractivity contribution >= 4 is 27.6 Å². The van der Waals surface area contributed by atoms with E-state index in [1.807, 2.05) is 6.07 Å². The fourth-order valence-electron chi connectivity index (χ4n) is 0.952. The van der Waals surface area contributed by atoms with Crippen LogP contribution in [0.4, 0.5) is 0 Å². The molecule has 0 heterocycles. The Morgan fingerprint density at radius 2 is 2.36 bits per heavy atom. The van der Waals surface area contributed by atoms with Gasteiger partial charge >= 0.3 is 5.97 Å². The number of ether oxygens (including phenoxy) is 1. The topological polar surface area (TPSA) is 50.1 Å². The van der Waals surface area contributed by atoms with Crippen LogP contribution in [0.1, 0.15) is 15.9 Å². The molecule has 5 heteroatoms. The molecule has 0 aliphatic rings. The molecule has 14 heavy (non-hydrogen) atoms. The summed E-state index contributed by atoms with van der Waals surface area (Å²) in [5.41, 5.74) is 0.520. The first kappa shape index (κ1) is 10.9. The molecule has 1 rings (SSSR count). The Labute approximate surface area is 90.1 Å². The number of hydrogen-bond donors (Lipinski definition) is 0. The monoisotopic (exact) mass is 227 g/mol. The summed E-state index contributed by atoms with van der Waals surface area (Å²) in [6, 6.07) is 6.64. The number of nitrogens with zero attached hydrogens (tertiary/aromatic N) is 1. The molecule has 3 nitrogen and oxygen atoms in total. The van der Waals surface area contributed by atoms with E-state index in [2.05, 4.69) is 4.74 Å². The van der Waals surface area contributed by atoms with E-state index in [9.17, 15) is 4.79 Å². The molecule has 0 atom stereocenters. The van der Waals surface area contributed by atoms with Gasteiger partial charge in [-0.2, -0.15) is 5.26 Å². The predicted molar refractivity (Wildman–Crippen MR) is 54.2 cm³/mol. The van der Waals surface area contributed by atoms with Crippen LogP contribution in [0.5, 0.6) is 0 Å². The minimum Gasteiger partial charge on any atom is -0.465 e. The highest BCUT2D eigenvalue weighted by molar-refractivity contribution is 8.21. The second kappa shape index (κ2) is 4.89. The zero-order valence-electron chi connectivity index (χ0n) is 7.28. The summed E-state index contributed by atoms with van der Waals surface area (Å²) in [4.78, 5) is 11.9. The lowest BCUT2D eigenvalue weighted by atomic mass is 10.1. The van der Waals surface area contributed by atoms with Gasteiger partial charge in [0.05, 0.1) is 18.2 Å². The van der Waals surface area contributed by atoms with Gasteiger partial charge in [-0.1, -0.05) is 0 Å². The molecule has 0 radical (unpaired) electrons. The maximum Gasteiger partial charge on any atom is 0.339 e. The number of carbonyl (C=O) groups excluding carboxylic acids is 1. The summed E-state index contributed by atoms with van der Waals surface area (Å²) in [6.07, 6.45) is 0. The Kier molecular flexibility index (Phi) is 3.81. The second-order valence-corrected chi connectivity index (χ2v) is 3.48. The molecule has 0 aromatic heterocycles. The highest BCUT2D eigenvalue weighted by atomic mass is 35.7. The zero-order chi connectivity index (χ0) is 10.6. The van der Waals surface area contributed by atoms with Gasteiger partial charge in [0.15, 0.2) is 0 Å². The predicted octanol–water partition coefficient (Wildman–Crippen LogP) is 2.59. The van der Waals surface area contributed by atoms with Crippen LogP contribution >= 0.6 is 21.7 Å². The van der Waals surface area contributed by atoms with E-state index in [-0.39, 0.29) is 11.1 Å². The van der Waals surface area contributed by atoms with Gasteiger partial charge in [0.25, 0.3) is 0 Å². The van der Waals surface area contributed by atoms with E-state index in [1.54, 1.807) is 12.1 Å². The summed E-state index contributed by atoms with van der Waals surface area (Å²) in [7, 11) is 7.78. The number of hydrogen-bond acceptors (Lipinski definition) is 4. The summed E-state index contributed by atoms with van der Waals surface area (Å²) in [5.74, 6) is -0.521. The number of halogens is 1. The summed E-state index contributed by atoms with van der Waals surface area (Å²) < 4.78 is 4.52. The Morgan fingerprint density at radius 1 is 1.64 bits per heavy atom. The van der Waals surface area contributed by atoms with Crippen LogP contribution in [0.25, 0.3) is 0 Å². The SMILES string of the molecule is COC(=O)c1ccc(SCl)cc1C#N. The smallest absolute Gasteiger partial charge is 0.339 e. The van der Waals surface area contributed by atoms with E-state index in [4.69, 9.17) is 15.9 Å². The van der Waals surface area contributed by atoms with Crippen LogP contribution < -0.4 is 0 Å². The quantitative estimate of drug-likeness (QED) is 0.729. The Hall–Kier alpha value is -1.18. The van der Waals surface area contributed by atoms with Crippen molar-refractivity contribution in [3.63, 3.8) is 0 Å². The minimum absolute atomic E-state index is 0.254. The molecule has 0 fully saturated rings. The molecule has 0 amide bonds. The molecule has 0 saturated carbocycles. The molecule has 1 aromatic rings. The van der Waals surface area contributed by atoms with Gasteiger partial charge in [0, 0.05) is 4.90 Å². The molecule has 0 aliphatic carbocycles. The summed E-state index contributed by atoms with van der Waals surface area (Å²) in [6.45, 7) is 0. The van der Waals surface area contributed by atoms with E-state index < -0.39 is 5.97 Å². The van der Waals surface area contributed by atoms with Gasteiger partial charge in [0.2, 0.25) is 0 Å². The van der Waals surface area contributed by atoms with Gasteiger partial charge in [-0.3, -0.25) is 0 Å². The summed E-state index contributed by atoms with van der Waals surface area (Å²) in [5, 5.41) is 8.77. The number of nitriles is 1. The highest BCUT2D eigenvalue weighted by Crippen LogP contribution is 2.24. The van der Waals surface area contributed by atoms with Crippen molar-refractivity contribution in [2.75, 3.05) is 7.11 Å². The van der Waals surface area contributed by atoms with Gasteiger partial charge in [-0.15, -0.1) is 0 Å². The largest absolute Gasteiger partial charge is 0.465 e. The number of esters is 1. The average Bonchev–Trinajstić information content (AvgIpc) is 2.27. The maximum absolute atomic E-state index is 11.2. The molecule has 1 aromatic carbocycles. The standard InChI is InChI=1S/C9H6ClNO2S/c1-13-9(12)8-3-2-7(14-10)4-6(8)5-11/h2-4H,1H3. The molecule has 0 unspecified atom stereocenters. The molecule has 0 bridgehead atoms.